The van der Waals surface area contributed by atoms with Crippen LogP contribution in [0.2, 0.25) is 0 Å². The second kappa shape index (κ2) is 8.51. The van der Waals surface area contributed by atoms with Gasteiger partial charge < -0.3 is 15.0 Å². The summed E-state index contributed by atoms with van der Waals surface area (Å²) in [4.78, 5) is 13.8. The predicted molar refractivity (Wildman–Crippen MR) is 44.9 cm³/mol. The number of nitrogens with zero attached hydrogens (tertiary/aromatic N) is 1. The minimum Gasteiger partial charge on any atom is -0.862 e. The summed E-state index contributed by atoms with van der Waals surface area (Å²) < 4.78 is 0. The van der Waals surface area contributed by atoms with Crippen LogP contribution in [0.25, 0.3) is 0 Å². The third-order valence-corrected chi connectivity index (χ3v) is 1.85. The number of carbonyl (C=O) groups excluding carboxylic acids is 1. The smallest absolute Gasteiger partial charge is 0.862 e. The van der Waals surface area contributed by atoms with Crippen LogP contribution in [0.1, 0.15) is 13.3 Å². The fourth-order valence-corrected chi connectivity index (χ4v) is 1.14. The number of carboxylic acids is 1. The fourth-order valence-electron chi connectivity index (χ4n) is 0.684. The molecule has 0 aliphatic rings. The van der Waals surface area contributed by atoms with Gasteiger partial charge >= 0.3 is 19.5 Å². The van der Waals surface area contributed by atoms with Crippen molar-refractivity contribution in [2.45, 2.75) is 19.4 Å². The maximum absolute atomic E-state index is 10.5. The summed E-state index contributed by atoms with van der Waals surface area (Å²) in [5, 5.41) is 20.8. The standard InChI is InChI=1S/C7H13NO3S.Zn/c1-5(9)8-6(7(10)11)3-4-12-2;/h6H,3-4H2,1-2H3,(H,8,9)(H,10,11);/q;+2/p-2/t6-;/m0./s1. The molecule has 0 bridgehead atoms. The van der Waals surface area contributed by atoms with Gasteiger partial charge in [0.05, 0.1) is 12.0 Å². The number of carbonyl (C=O) groups is 1. The van der Waals surface area contributed by atoms with Crippen molar-refractivity contribution in [1.29, 1.82) is 0 Å². The molecule has 0 saturated carbocycles. The van der Waals surface area contributed by atoms with E-state index in [1.807, 2.05) is 6.26 Å². The molecule has 0 fully saturated rings. The maximum Gasteiger partial charge on any atom is 2.00 e. The summed E-state index contributed by atoms with van der Waals surface area (Å²) in [5.41, 5.74) is 0. The number of hydrogen-bond acceptors (Lipinski definition) is 5. The fraction of sp³-hybridized carbons (Fsp3) is 0.714. The van der Waals surface area contributed by atoms with E-state index in [1.54, 1.807) is 0 Å². The number of carboxylic acid groups (broad SMARTS) is 1. The molecular formula is C7H11NO3SZn. The SMILES string of the molecule is CSCC[C@H](N=C(C)[O-])C(=O)[O-].[Zn+2]. The van der Waals surface area contributed by atoms with Crippen molar-refractivity contribution < 1.29 is 34.5 Å². The Morgan fingerprint density at radius 1 is 1.54 bits per heavy atom. The van der Waals surface area contributed by atoms with E-state index in [9.17, 15) is 15.0 Å². The zero-order valence-corrected chi connectivity index (χ0v) is 11.6. The molecule has 0 aromatic rings. The summed E-state index contributed by atoms with van der Waals surface area (Å²) in [7, 11) is 0. The number of aliphatic imine (C=N–C) groups is 1. The molecule has 0 saturated heterocycles. The van der Waals surface area contributed by atoms with Crippen molar-refractivity contribution in [3.8, 4) is 0 Å². The molecule has 4 nitrogen and oxygen atoms in total. The van der Waals surface area contributed by atoms with Crippen molar-refractivity contribution >= 4 is 23.6 Å². The zero-order chi connectivity index (χ0) is 9.56. The van der Waals surface area contributed by atoms with Crippen LogP contribution in [0.3, 0.4) is 0 Å². The molecule has 0 N–H and O–H groups in total. The third kappa shape index (κ3) is 8.25. The van der Waals surface area contributed by atoms with Crippen molar-refractivity contribution in [2.75, 3.05) is 12.0 Å². The van der Waals surface area contributed by atoms with Crippen LogP contribution >= 0.6 is 11.8 Å². The van der Waals surface area contributed by atoms with Gasteiger partial charge in [0, 0.05) is 0 Å². The van der Waals surface area contributed by atoms with Crippen LogP contribution in [-0.4, -0.2) is 29.9 Å². The van der Waals surface area contributed by atoms with Gasteiger partial charge in [-0.2, -0.15) is 11.8 Å². The normalized spacial score (nSPS) is 13.2. The van der Waals surface area contributed by atoms with Gasteiger partial charge in [-0.15, -0.1) is 0 Å². The van der Waals surface area contributed by atoms with Crippen LogP contribution in [0.15, 0.2) is 4.99 Å². The van der Waals surface area contributed by atoms with Crippen LogP contribution in [-0.2, 0) is 24.3 Å². The summed E-state index contributed by atoms with van der Waals surface area (Å²) in [6, 6.07) is -0.977. The molecule has 0 heterocycles. The average Bonchev–Trinajstić information content (AvgIpc) is 1.96. The van der Waals surface area contributed by atoms with Gasteiger partial charge in [-0.3, -0.25) is 4.99 Å². The molecule has 0 aromatic carbocycles. The number of aliphatic carboxylic acids is 1. The summed E-state index contributed by atoms with van der Waals surface area (Å²) in [5.74, 6) is -1.08. The van der Waals surface area contributed by atoms with E-state index in [2.05, 4.69) is 4.99 Å². The Hall–Kier alpha value is -0.0866. The van der Waals surface area contributed by atoms with E-state index < -0.39 is 17.9 Å². The Labute approximate surface area is 94.6 Å². The molecule has 0 unspecified atom stereocenters. The van der Waals surface area contributed by atoms with Crippen molar-refractivity contribution in [2.24, 2.45) is 4.99 Å². The van der Waals surface area contributed by atoms with Crippen LogP contribution in [0.5, 0.6) is 0 Å². The molecule has 0 radical (unpaired) electrons. The first-order chi connectivity index (χ1) is 5.57. The Kier molecular flexibility index (Phi) is 10.1. The predicted octanol–water partition coefficient (Wildman–Crippen LogP) is -1.37. The molecule has 6 heteroatoms. The molecule has 70 valence electrons. The van der Waals surface area contributed by atoms with E-state index in [0.717, 1.165) is 0 Å². The van der Waals surface area contributed by atoms with Crippen molar-refractivity contribution in [3.05, 3.63) is 0 Å². The monoisotopic (exact) mass is 253 g/mol. The number of rotatable bonds is 5. The van der Waals surface area contributed by atoms with Crippen LogP contribution in [0.4, 0.5) is 0 Å². The van der Waals surface area contributed by atoms with E-state index in [-0.39, 0.29) is 19.5 Å². The molecule has 0 amide bonds. The summed E-state index contributed by atoms with van der Waals surface area (Å²) in [6.07, 6.45) is 2.21. The van der Waals surface area contributed by atoms with Crippen LogP contribution in [0, 0.1) is 0 Å². The van der Waals surface area contributed by atoms with Crippen molar-refractivity contribution in [3.63, 3.8) is 0 Å². The molecule has 0 aromatic heterocycles. The number of thioether (sulfide) groups is 1. The van der Waals surface area contributed by atoms with Gasteiger partial charge in [-0.1, -0.05) is 0 Å². The van der Waals surface area contributed by atoms with E-state index in [0.29, 0.717) is 12.2 Å². The third-order valence-electron chi connectivity index (χ3n) is 1.21. The molecule has 0 aliphatic carbocycles. The first kappa shape index (κ1) is 15.4. The topological polar surface area (TPSA) is 75.5 Å². The Morgan fingerprint density at radius 3 is 2.38 bits per heavy atom. The molecular weight excluding hydrogens is 244 g/mol. The second-order valence-corrected chi connectivity index (χ2v) is 3.25. The van der Waals surface area contributed by atoms with Crippen LogP contribution < -0.4 is 10.2 Å². The molecule has 0 rings (SSSR count). The second-order valence-electron chi connectivity index (χ2n) is 2.26. The van der Waals surface area contributed by atoms with Gasteiger partial charge in [0.25, 0.3) is 0 Å². The maximum atomic E-state index is 10.5. The van der Waals surface area contributed by atoms with Gasteiger partial charge in [0.1, 0.15) is 0 Å². The molecule has 0 spiro atoms. The number of hydrogen-bond donors (Lipinski definition) is 0. The zero-order valence-electron chi connectivity index (χ0n) is 7.78. The molecule has 13 heavy (non-hydrogen) atoms. The molecule has 0 aliphatic heterocycles. The first-order valence-corrected chi connectivity index (χ1v) is 4.88. The van der Waals surface area contributed by atoms with E-state index in [4.69, 9.17) is 0 Å². The largest absolute Gasteiger partial charge is 2.00 e. The Balaban J connectivity index is 0. The summed E-state index contributed by atoms with van der Waals surface area (Å²) in [6.45, 7) is 1.23. The molecule has 1 atom stereocenters. The summed E-state index contributed by atoms with van der Waals surface area (Å²) >= 11 is 1.51. The van der Waals surface area contributed by atoms with Gasteiger partial charge in [-0.05, 0) is 31.3 Å². The van der Waals surface area contributed by atoms with Gasteiger partial charge in [-0.25, -0.2) is 0 Å². The van der Waals surface area contributed by atoms with Gasteiger partial charge in [0.15, 0.2) is 0 Å². The Bertz CT molecular complexity index is 183. The minimum absolute atomic E-state index is 0. The van der Waals surface area contributed by atoms with E-state index in [1.165, 1.54) is 18.7 Å². The van der Waals surface area contributed by atoms with Gasteiger partial charge in [0.2, 0.25) is 0 Å². The Morgan fingerprint density at radius 2 is 2.08 bits per heavy atom. The van der Waals surface area contributed by atoms with Crippen molar-refractivity contribution in [1.82, 2.24) is 0 Å². The van der Waals surface area contributed by atoms with E-state index >= 15 is 0 Å². The minimum atomic E-state index is -1.28. The first-order valence-electron chi connectivity index (χ1n) is 3.49. The quantitative estimate of drug-likeness (QED) is 0.345. The average molecular weight is 255 g/mol.